The highest BCUT2D eigenvalue weighted by molar-refractivity contribution is 9.11. The van der Waals surface area contributed by atoms with Crippen LogP contribution in [0.4, 0.5) is 0 Å². The zero-order valence-corrected chi connectivity index (χ0v) is 12.5. The van der Waals surface area contributed by atoms with Gasteiger partial charge >= 0.3 is 5.97 Å². The number of thiophene rings is 1. The topological polar surface area (TPSA) is 83.5 Å². The van der Waals surface area contributed by atoms with Gasteiger partial charge in [-0.25, -0.2) is 17.9 Å². The summed E-state index contributed by atoms with van der Waals surface area (Å²) in [5, 5.41) is 8.80. The number of carboxylic acid groups (broad SMARTS) is 1. The average Bonchev–Trinajstić information content (AvgIpc) is 2.60. The van der Waals surface area contributed by atoms with Crippen molar-refractivity contribution in [2.45, 2.75) is 24.3 Å². The highest BCUT2D eigenvalue weighted by Crippen LogP contribution is 2.31. The van der Waals surface area contributed by atoms with Gasteiger partial charge in [0.05, 0.1) is 3.79 Å². The molecule has 1 aromatic rings. The molecule has 0 radical (unpaired) electrons. The summed E-state index contributed by atoms with van der Waals surface area (Å²) in [7, 11) is -3.77. The third kappa shape index (κ3) is 3.55. The summed E-state index contributed by atoms with van der Waals surface area (Å²) in [6, 6.07) is 0.697. The Kier molecular flexibility index (Phi) is 4.92. The maximum absolute atomic E-state index is 12.0. The second-order valence-electron chi connectivity index (χ2n) is 3.48. The Labute approximate surface area is 117 Å². The molecule has 8 heteroatoms. The minimum atomic E-state index is -3.77. The molecule has 0 aliphatic heterocycles. The van der Waals surface area contributed by atoms with Crippen LogP contribution in [-0.2, 0) is 10.0 Å². The van der Waals surface area contributed by atoms with Crippen LogP contribution in [0, 0.1) is 12.3 Å². The molecule has 0 saturated carbocycles. The van der Waals surface area contributed by atoms with Crippen LogP contribution in [0.25, 0.3) is 0 Å². The molecule has 5 nitrogen and oxygen atoms in total. The van der Waals surface area contributed by atoms with Gasteiger partial charge in [-0.05, 0) is 28.9 Å². The van der Waals surface area contributed by atoms with Crippen molar-refractivity contribution in [1.29, 1.82) is 0 Å². The van der Waals surface area contributed by atoms with E-state index in [9.17, 15) is 13.2 Å². The van der Waals surface area contributed by atoms with Crippen LogP contribution < -0.4 is 4.72 Å². The molecule has 0 aliphatic rings. The molecule has 18 heavy (non-hydrogen) atoms. The predicted molar refractivity (Wildman–Crippen MR) is 72.2 cm³/mol. The molecule has 0 aromatic carbocycles. The van der Waals surface area contributed by atoms with Crippen LogP contribution in [-0.4, -0.2) is 25.5 Å². The number of hydrogen-bond donors (Lipinski definition) is 2. The molecule has 1 heterocycles. The zero-order valence-electron chi connectivity index (χ0n) is 9.31. The van der Waals surface area contributed by atoms with Gasteiger partial charge in [-0.2, -0.15) is 0 Å². The van der Waals surface area contributed by atoms with E-state index in [1.54, 1.807) is 6.92 Å². The first-order chi connectivity index (χ1) is 8.27. The van der Waals surface area contributed by atoms with Crippen molar-refractivity contribution in [2.24, 2.45) is 0 Å². The van der Waals surface area contributed by atoms with Crippen molar-refractivity contribution in [3.05, 3.63) is 14.7 Å². The van der Waals surface area contributed by atoms with Gasteiger partial charge in [-0.15, -0.1) is 23.7 Å². The van der Waals surface area contributed by atoms with Gasteiger partial charge < -0.3 is 5.11 Å². The van der Waals surface area contributed by atoms with Gasteiger partial charge in [0, 0.05) is 12.5 Å². The van der Waals surface area contributed by atoms with Crippen molar-refractivity contribution in [2.75, 3.05) is 0 Å². The van der Waals surface area contributed by atoms with Gasteiger partial charge in [0.25, 0.3) is 0 Å². The van der Waals surface area contributed by atoms with Crippen LogP contribution in [0.2, 0.25) is 0 Å². The number of halogens is 1. The van der Waals surface area contributed by atoms with Gasteiger partial charge in [0.15, 0.2) is 0 Å². The predicted octanol–water partition coefficient (Wildman–Crippen LogP) is 1.90. The second kappa shape index (κ2) is 5.84. The van der Waals surface area contributed by atoms with Crippen LogP contribution >= 0.6 is 27.3 Å². The summed E-state index contributed by atoms with van der Waals surface area (Å²) in [5.41, 5.74) is 0. The summed E-state index contributed by atoms with van der Waals surface area (Å²) in [6.45, 7) is 1.63. The van der Waals surface area contributed by atoms with Crippen molar-refractivity contribution in [3.8, 4) is 12.3 Å². The van der Waals surface area contributed by atoms with Crippen molar-refractivity contribution in [3.63, 3.8) is 0 Å². The second-order valence-corrected chi connectivity index (χ2v) is 7.54. The molecule has 0 amide bonds. The first kappa shape index (κ1) is 15.2. The van der Waals surface area contributed by atoms with Crippen LogP contribution in [0.5, 0.6) is 0 Å². The zero-order chi connectivity index (χ0) is 13.9. The lowest BCUT2D eigenvalue weighted by Crippen LogP contribution is -2.32. The summed E-state index contributed by atoms with van der Waals surface area (Å²) < 4.78 is 26.6. The minimum Gasteiger partial charge on any atom is -0.477 e. The van der Waals surface area contributed by atoms with Crippen molar-refractivity contribution >= 4 is 43.3 Å². The highest BCUT2D eigenvalue weighted by atomic mass is 79.9. The molecular formula is C10H10BrNO4S2. The lowest BCUT2D eigenvalue weighted by Gasteiger charge is -2.10. The summed E-state index contributed by atoms with van der Waals surface area (Å²) in [4.78, 5) is 10.6. The molecular weight excluding hydrogens is 342 g/mol. The smallest absolute Gasteiger partial charge is 0.345 e. The SMILES string of the molecule is C#CCC(C)NS(=O)(=O)c1cc(C(=O)O)sc1Br. The molecule has 0 fully saturated rings. The van der Waals surface area contributed by atoms with E-state index < -0.39 is 22.0 Å². The fourth-order valence-electron chi connectivity index (χ4n) is 1.19. The third-order valence-electron chi connectivity index (χ3n) is 1.94. The number of hydrogen-bond acceptors (Lipinski definition) is 4. The van der Waals surface area contributed by atoms with Gasteiger partial charge in [0.2, 0.25) is 10.0 Å². The van der Waals surface area contributed by atoms with E-state index in [1.165, 1.54) is 0 Å². The fourth-order valence-corrected chi connectivity index (χ4v) is 4.83. The van der Waals surface area contributed by atoms with Gasteiger partial charge in [-0.3, -0.25) is 0 Å². The Morgan fingerprint density at radius 3 is 2.78 bits per heavy atom. The number of carboxylic acids is 1. The van der Waals surface area contributed by atoms with Crippen molar-refractivity contribution in [1.82, 2.24) is 4.72 Å². The standard InChI is InChI=1S/C10H10BrNO4S2/c1-3-4-6(2)12-18(15,16)8-5-7(10(13)14)17-9(8)11/h1,5-6,12H,4H2,2H3,(H,13,14). The van der Waals surface area contributed by atoms with E-state index in [0.29, 0.717) is 0 Å². The molecule has 0 spiro atoms. The van der Waals surface area contributed by atoms with E-state index >= 15 is 0 Å². The Morgan fingerprint density at radius 2 is 2.33 bits per heavy atom. The summed E-state index contributed by atoms with van der Waals surface area (Å²) in [6.07, 6.45) is 5.35. The molecule has 1 unspecified atom stereocenters. The van der Waals surface area contributed by atoms with Crippen molar-refractivity contribution < 1.29 is 18.3 Å². The minimum absolute atomic E-state index is 0.0492. The Balaban J connectivity index is 3.06. The summed E-state index contributed by atoms with van der Waals surface area (Å²) in [5.74, 6) is 1.18. The van der Waals surface area contributed by atoms with E-state index in [-0.39, 0.29) is 20.0 Å². The van der Waals surface area contributed by atoms with E-state index in [2.05, 4.69) is 26.6 Å². The largest absolute Gasteiger partial charge is 0.477 e. The van der Waals surface area contributed by atoms with Gasteiger partial charge in [-0.1, -0.05) is 0 Å². The number of terminal acetylenes is 1. The molecule has 1 atom stereocenters. The molecule has 0 bridgehead atoms. The average molecular weight is 352 g/mol. The lowest BCUT2D eigenvalue weighted by molar-refractivity contribution is 0.0702. The lowest BCUT2D eigenvalue weighted by atomic mass is 10.3. The third-order valence-corrected chi connectivity index (χ3v) is 5.77. The number of rotatable bonds is 5. The highest BCUT2D eigenvalue weighted by Gasteiger charge is 2.24. The Hall–Kier alpha value is -0.880. The quantitative estimate of drug-likeness (QED) is 0.793. The molecule has 0 aliphatic carbocycles. The first-order valence-electron chi connectivity index (χ1n) is 4.76. The number of carbonyl (C=O) groups is 1. The Bertz CT molecular complexity index is 600. The van der Waals surface area contributed by atoms with E-state index in [0.717, 1.165) is 17.4 Å². The molecule has 98 valence electrons. The maximum Gasteiger partial charge on any atom is 0.345 e. The molecule has 0 saturated heterocycles. The fraction of sp³-hybridized carbons (Fsp3) is 0.300. The molecule has 2 N–H and O–H groups in total. The van der Waals surface area contributed by atoms with E-state index in [4.69, 9.17) is 11.5 Å². The monoisotopic (exact) mass is 351 g/mol. The Morgan fingerprint density at radius 1 is 1.72 bits per heavy atom. The number of sulfonamides is 1. The van der Waals surface area contributed by atoms with Crippen LogP contribution in [0.15, 0.2) is 14.7 Å². The normalized spacial score (nSPS) is 12.9. The molecule has 1 aromatic heterocycles. The molecule has 1 rings (SSSR count). The number of nitrogens with one attached hydrogen (secondary N) is 1. The first-order valence-corrected chi connectivity index (χ1v) is 7.85. The van der Waals surface area contributed by atoms with Crippen LogP contribution in [0.3, 0.4) is 0 Å². The van der Waals surface area contributed by atoms with Gasteiger partial charge in [0.1, 0.15) is 9.77 Å². The van der Waals surface area contributed by atoms with Crippen LogP contribution in [0.1, 0.15) is 23.0 Å². The maximum atomic E-state index is 12.0. The number of aromatic carboxylic acids is 1. The van der Waals surface area contributed by atoms with E-state index in [1.807, 2.05) is 0 Å². The summed E-state index contributed by atoms with van der Waals surface area (Å²) >= 11 is 3.89.